The first-order chi connectivity index (χ1) is 4.41. The number of rotatable bonds is 3. The van der Waals surface area contributed by atoms with E-state index in [1.807, 2.05) is 6.92 Å². The molecule has 0 radical (unpaired) electrons. The summed E-state index contributed by atoms with van der Waals surface area (Å²) in [5, 5.41) is 0. The van der Waals surface area contributed by atoms with Gasteiger partial charge in [-0.1, -0.05) is 20.8 Å². The van der Waals surface area contributed by atoms with Crippen molar-refractivity contribution in [1.82, 2.24) is 0 Å². The minimum atomic E-state index is -0.466. The Labute approximate surface area is 61.6 Å². The molecule has 0 bridgehead atoms. The molecule has 0 fully saturated rings. The van der Waals surface area contributed by atoms with E-state index in [-0.39, 0.29) is 11.6 Å². The molecule has 0 saturated carbocycles. The molecule has 2 heteroatoms. The van der Waals surface area contributed by atoms with Crippen LogP contribution in [-0.2, 0) is 9.59 Å². The van der Waals surface area contributed by atoms with Gasteiger partial charge in [0.1, 0.15) is 0 Å². The number of hydrogen-bond acceptors (Lipinski definition) is 2. The van der Waals surface area contributed by atoms with E-state index in [9.17, 15) is 9.59 Å². The van der Waals surface area contributed by atoms with Crippen LogP contribution in [0, 0.1) is 5.41 Å². The van der Waals surface area contributed by atoms with Gasteiger partial charge in [-0.3, -0.25) is 9.59 Å². The van der Waals surface area contributed by atoms with E-state index in [0.29, 0.717) is 6.42 Å². The Morgan fingerprint density at radius 1 is 1.30 bits per heavy atom. The lowest BCUT2D eigenvalue weighted by Gasteiger charge is -2.18. The summed E-state index contributed by atoms with van der Waals surface area (Å²) >= 11 is 0. The molecule has 10 heavy (non-hydrogen) atoms. The maximum Gasteiger partial charge on any atom is 0.203 e. The molecule has 0 heterocycles. The normalized spacial score (nSPS) is 11.2. The molecule has 58 valence electrons. The van der Waals surface area contributed by atoms with Crippen molar-refractivity contribution in [3.63, 3.8) is 0 Å². The van der Waals surface area contributed by atoms with Gasteiger partial charge in [-0.2, -0.15) is 0 Å². The molecule has 0 aliphatic heterocycles. The molecule has 0 saturated heterocycles. The Balaban J connectivity index is 4.33. The molecular weight excluding hydrogens is 128 g/mol. The zero-order valence-corrected chi connectivity index (χ0v) is 7.02. The Hall–Kier alpha value is -0.660. The first-order valence-electron chi connectivity index (χ1n) is 3.47. The second-order valence-electron chi connectivity index (χ2n) is 3.12. The van der Waals surface area contributed by atoms with Gasteiger partial charge in [0, 0.05) is 12.3 Å². The van der Waals surface area contributed by atoms with Gasteiger partial charge in [-0.05, 0) is 6.42 Å². The summed E-state index contributed by atoms with van der Waals surface area (Å²) in [5.74, 6) is -0.609. The second-order valence-corrected chi connectivity index (χ2v) is 3.12. The van der Waals surface area contributed by atoms with Gasteiger partial charge >= 0.3 is 0 Å². The van der Waals surface area contributed by atoms with E-state index in [1.165, 1.54) is 6.92 Å². The van der Waals surface area contributed by atoms with Gasteiger partial charge in [0.05, 0.1) is 0 Å². The number of hydrogen-bond donors (Lipinski definition) is 0. The Kier molecular flexibility index (Phi) is 2.76. The fraction of sp³-hybridized carbons (Fsp3) is 0.750. The van der Waals surface area contributed by atoms with Crippen molar-refractivity contribution >= 4 is 11.6 Å². The Bertz CT molecular complexity index is 157. The molecule has 0 N–H and O–H groups in total. The van der Waals surface area contributed by atoms with Gasteiger partial charge in [0.2, 0.25) is 5.78 Å². The predicted molar refractivity (Wildman–Crippen MR) is 39.8 cm³/mol. The maximum atomic E-state index is 11.0. The number of carbonyl (C=O) groups is 2. The van der Waals surface area contributed by atoms with E-state index in [0.717, 1.165) is 0 Å². The monoisotopic (exact) mass is 142 g/mol. The van der Waals surface area contributed by atoms with Crippen molar-refractivity contribution in [2.75, 3.05) is 0 Å². The highest BCUT2D eigenvalue weighted by molar-refractivity contribution is 6.38. The summed E-state index contributed by atoms with van der Waals surface area (Å²) in [4.78, 5) is 21.6. The Morgan fingerprint density at radius 3 is 1.80 bits per heavy atom. The third kappa shape index (κ3) is 1.94. The number of Topliss-reactive ketones (excluding diaryl/α,β-unsaturated/α-hetero) is 2. The first kappa shape index (κ1) is 9.34. The molecule has 0 aliphatic carbocycles. The molecule has 0 amide bonds. The van der Waals surface area contributed by atoms with Gasteiger partial charge in [0.15, 0.2) is 5.78 Å². The summed E-state index contributed by atoms with van der Waals surface area (Å²) < 4.78 is 0. The fourth-order valence-electron chi connectivity index (χ4n) is 0.637. The minimum Gasteiger partial charge on any atom is -0.291 e. The average molecular weight is 142 g/mol. The van der Waals surface area contributed by atoms with E-state index in [4.69, 9.17) is 0 Å². The number of carbonyl (C=O) groups excluding carboxylic acids is 2. The van der Waals surface area contributed by atoms with E-state index >= 15 is 0 Å². The topological polar surface area (TPSA) is 34.1 Å². The summed E-state index contributed by atoms with van der Waals surface area (Å²) in [7, 11) is 0. The van der Waals surface area contributed by atoms with Crippen molar-refractivity contribution in [3.8, 4) is 0 Å². The van der Waals surface area contributed by atoms with Crippen molar-refractivity contribution in [1.29, 1.82) is 0 Å². The summed E-state index contributed by atoms with van der Waals surface area (Å²) in [6, 6.07) is 0. The van der Waals surface area contributed by atoms with Crippen LogP contribution in [-0.4, -0.2) is 11.6 Å². The van der Waals surface area contributed by atoms with Crippen LogP contribution in [0.3, 0.4) is 0 Å². The predicted octanol–water partition coefficient (Wildman–Crippen LogP) is 1.58. The van der Waals surface area contributed by atoms with E-state index in [1.54, 1.807) is 13.8 Å². The van der Waals surface area contributed by atoms with Gasteiger partial charge in [-0.15, -0.1) is 0 Å². The molecule has 0 aromatic carbocycles. The smallest absolute Gasteiger partial charge is 0.203 e. The summed E-state index contributed by atoms with van der Waals surface area (Å²) in [6.45, 7) is 6.80. The zero-order valence-electron chi connectivity index (χ0n) is 7.02. The number of ketones is 2. The van der Waals surface area contributed by atoms with Crippen molar-refractivity contribution in [3.05, 3.63) is 0 Å². The van der Waals surface area contributed by atoms with Crippen LogP contribution in [0.5, 0.6) is 0 Å². The highest BCUT2D eigenvalue weighted by Crippen LogP contribution is 2.20. The standard InChI is InChI=1S/C8H14O2/c1-5-8(3,4)7(10)6(2)9/h5H2,1-4H3. The lowest BCUT2D eigenvalue weighted by molar-refractivity contribution is -0.140. The minimum absolute atomic E-state index is 0.269. The maximum absolute atomic E-state index is 11.0. The SMILES string of the molecule is CCC(C)(C)C(=O)C(C)=O. The third-order valence-corrected chi connectivity index (χ3v) is 1.82. The molecular formula is C8H14O2. The molecule has 0 aromatic heterocycles. The third-order valence-electron chi connectivity index (χ3n) is 1.82. The highest BCUT2D eigenvalue weighted by Gasteiger charge is 2.28. The highest BCUT2D eigenvalue weighted by atomic mass is 16.2. The Morgan fingerprint density at radius 2 is 1.70 bits per heavy atom. The van der Waals surface area contributed by atoms with E-state index in [2.05, 4.69) is 0 Å². The lowest BCUT2D eigenvalue weighted by atomic mass is 9.84. The second kappa shape index (κ2) is 2.95. The molecule has 0 unspecified atom stereocenters. The largest absolute Gasteiger partial charge is 0.291 e. The van der Waals surface area contributed by atoms with Crippen LogP contribution >= 0.6 is 0 Å². The molecule has 0 aromatic rings. The summed E-state index contributed by atoms with van der Waals surface area (Å²) in [5.41, 5.74) is -0.466. The van der Waals surface area contributed by atoms with Crippen LogP contribution in [0.4, 0.5) is 0 Å². The van der Waals surface area contributed by atoms with Gasteiger partial charge < -0.3 is 0 Å². The van der Waals surface area contributed by atoms with Gasteiger partial charge in [-0.25, -0.2) is 0 Å². The van der Waals surface area contributed by atoms with Crippen LogP contribution in [0.2, 0.25) is 0 Å². The van der Waals surface area contributed by atoms with Gasteiger partial charge in [0.25, 0.3) is 0 Å². The first-order valence-corrected chi connectivity index (χ1v) is 3.47. The van der Waals surface area contributed by atoms with Crippen LogP contribution < -0.4 is 0 Å². The fourth-order valence-corrected chi connectivity index (χ4v) is 0.637. The zero-order chi connectivity index (χ0) is 8.36. The summed E-state index contributed by atoms with van der Waals surface area (Å²) in [6.07, 6.45) is 0.714. The molecule has 0 aliphatic rings. The van der Waals surface area contributed by atoms with Crippen molar-refractivity contribution in [2.24, 2.45) is 5.41 Å². The van der Waals surface area contributed by atoms with E-state index < -0.39 is 5.41 Å². The quantitative estimate of drug-likeness (QED) is 0.560. The molecule has 0 spiro atoms. The molecule has 0 rings (SSSR count). The average Bonchev–Trinajstić information content (AvgIpc) is 1.86. The molecule has 0 atom stereocenters. The lowest BCUT2D eigenvalue weighted by Crippen LogP contribution is -2.28. The van der Waals surface area contributed by atoms with Crippen LogP contribution in [0.25, 0.3) is 0 Å². The van der Waals surface area contributed by atoms with Crippen LogP contribution in [0.1, 0.15) is 34.1 Å². The van der Waals surface area contributed by atoms with Crippen molar-refractivity contribution < 1.29 is 9.59 Å². The van der Waals surface area contributed by atoms with Crippen LogP contribution in [0.15, 0.2) is 0 Å². The molecule has 2 nitrogen and oxygen atoms in total. The van der Waals surface area contributed by atoms with Crippen molar-refractivity contribution in [2.45, 2.75) is 34.1 Å².